The zero-order chi connectivity index (χ0) is 9.68. The zero-order valence-electron chi connectivity index (χ0n) is 8.13. The highest BCUT2D eigenvalue weighted by molar-refractivity contribution is 5.45. The van der Waals surface area contributed by atoms with Gasteiger partial charge in [-0.1, -0.05) is 29.3 Å². The molecule has 1 aromatic rings. The molecule has 0 heterocycles. The van der Waals surface area contributed by atoms with Gasteiger partial charge in [0.25, 0.3) is 0 Å². The lowest BCUT2D eigenvalue weighted by Crippen LogP contribution is -2.14. The van der Waals surface area contributed by atoms with E-state index in [2.05, 4.69) is 37.4 Å². The molecule has 1 amide bonds. The predicted molar refractivity (Wildman–Crippen MR) is 53.7 cm³/mol. The highest BCUT2D eigenvalue weighted by Crippen LogP contribution is 2.08. The van der Waals surface area contributed by atoms with Gasteiger partial charge in [0.05, 0.1) is 0 Å². The Kier molecular flexibility index (Phi) is 3.50. The number of hydrogen-bond donors (Lipinski definition) is 1. The fourth-order valence-electron chi connectivity index (χ4n) is 1.49. The van der Waals surface area contributed by atoms with Gasteiger partial charge in [-0.05, 0) is 25.8 Å². The van der Waals surface area contributed by atoms with Crippen molar-refractivity contribution in [2.45, 2.75) is 20.3 Å². The molecule has 70 valence electrons. The number of nitrogens with one attached hydrogen (secondary N) is 1. The van der Waals surface area contributed by atoms with Crippen molar-refractivity contribution in [1.82, 2.24) is 5.32 Å². The second-order valence-electron chi connectivity index (χ2n) is 3.32. The molecule has 0 atom stereocenters. The summed E-state index contributed by atoms with van der Waals surface area (Å²) in [4.78, 5) is 10.0. The molecule has 2 nitrogen and oxygen atoms in total. The fraction of sp³-hybridized carbons (Fsp3) is 0.364. The molecule has 0 aliphatic carbocycles. The van der Waals surface area contributed by atoms with Gasteiger partial charge in [-0.25, -0.2) is 0 Å². The molecule has 1 N–H and O–H groups in total. The topological polar surface area (TPSA) is 29.1 Å². The van der Waals surface area contributed by atoms with Crippen molar-refractivity contribution in [1.29, 1.82) is 0 Å². The van der Waals surface area contributed by atoms with Crippen LogP contribution in [0.3, 0.4) is 0 Å². The van der Waals surface area contributed by atoms with Crippen LogP contribution in [-0.2, 0) is 11.2 Å². The molecule has 1 rings (SSSR count). The van der Waals surface area contributed by atoms with Gasteiger partial charge >= 0.3 is 0 Å². The molecule has 1 aromatic carbocycles. The van der Waals surface area contributed by atoms with Crippen molar-refractivity contribution < 1.29 is 4.79 Å². The Morgan fingerprint density at radius 2 is 1.85 bits per heavy atom. The average Bonchev–Trinajstić information content (AvgIpc) is 2.03. The Bertz CT molecular complexity index is 274. The molecule has 0 aliphatic rings. The van der Waals surface area contributed by atoms with Crippen LogP contribution in [0.15, 0.2) is 18.2 Å². The summed E-state index contributed by atoms with van der Waals surface area (Å²) in [7, 11) is 0. The van der Waals surface area contributed by atoms with Gasteiger partial charge in [-0.15, -0.1) is 0 Å². The highest BCUT2D eigenvalue weighted by Gasteiger charge is 1.95. The van der Waals surface area contributed by atoms with Gasteiger partial charge in [-0.2, -0.15) is 0 Å². The van der Waals surface area contributed by atoms with Crippen LogP contribution in [0.1, 0.15) is 16.7 Å². The number of hydrogen-bond acceptors (Lipinski definition) is 1. The number of carbonyl (C=O) groups is 1. The van der Waals surface area contributed by atoms with E-state index in [1.165, 1.54) is 16.7 Å². The van der Waals surface area contributed by atoms with Crippen LogP contribution in [0.4, 0.5) is 0 Å². The second-order valence-corrected chi connectivity index (χ2v) is 3.32. The Morgan fingerprint density at radius 1 is 1.23 bits per heavy atom. The lowest BCUT2D eigenvalue weighted by molar-refractivity contribution is -0.109. The first-order valence-electron chi connectivity index (χ1n) is 4.46. The van der Waals surface area contributed by atoms with Gasteiger partial charge in [0.15, 0.2) is 0 Å². The first kappa shape index (κ1) is 9.78. The quantitative estimate of drug-likeness (QED) is 0.549. The van der Waals surface area contributed by atoms with Gasteiger partial charge in [-0.3, -0.25) is 4.79 Å². The van der Waals surface area contributed by atoms with Gasteiger partial charge < -0.3 is 5.32 Å². The number of benzene rings is 1. The summed E-state index contributed by atoms with van der Waals surface area (Å²) in [5.41, 5.74) is 3.84. The summed E-state index contributed by atoms with van der Waals surface area (Å²) in [6, 6.07) is 6.45. The van der Waals surface area contributed by atoms with Crippen molar-refractivity contribution in [3.63, 3.8) is 0 Å². The van der Waals surface area contributed by atoms with E-state index in [0.29, 0.717) is 6.54 Å². The lowest BCUT2D eigenvalue weighted by Gasteiger charge is -2.03. The number of carbonyl (C=O) groups excluding carboxylic acids is 1. The van der Waals surface area contributed by atoms with E-state index < -0.39 is 0 Å². The molecule has 0 radical (unpaired) electrons. The minimum absolute atomic E-state index is 0.715. The van der Waals surface area contributed by atoms with Crippen molar-refractivity contribution in [3.05, 3.63) is 34.9 Å². The Morgan fingerprint density at radius 3 is 2.38 bits per heavy atom. The summed E-state index contributed by atoms with van der Waals surface area (Å²) in [6.45, 7) is 4.89. The summed E-state index contributed by atoms with van der Waals surface area (Å²) in [5.74, 6) is 0. The molecule has 0 fully saturated rings. The van der Waals surface area contributed by atoms with Crippen LogP contribution in [-0.4, -0.2) is 13.0 Å². The van der Waals surface area contributed by atoms with E-state index in [4.69, 9.17) is 0 Å². The average molecular weight is 177 g/mol. The SMILES string of the molecule is Cc1cc(C)cc(CCNC=O)c1. The normalized spacial score (nSPS) is 9.69. The zero-order valence-corrected chi connectivity index (χ0v) is 8.13. The molecule has 0 aromatic heterocycles. The van der Waals surface area contributed by atoms with Crippen LogP contribution in [0.2, 0.25) is 0 Å². The predicted octanol–water partition coefficient (Wildman–Crippen LogP) is 1.59. The minimum Gasteiger partial charge on any atom is -0.358 e. The standard InChI is InChI=1S/C11H15NO/c1-9-5-10(2)7-11(6-9)3-4-12-8-13/h5-8H,3-4H2,1-2H3,(H,12,13). The third-order valence-electron chi connectivity index (χ3n) is 1.92. The minimum atomic E-state index is 0.715. The first-order chi connectivity index (χ1) is 6.22. The van der Waals surface area contributed by atoms with Crippen molar-refractivity contribution in [2.75, 3.05) is 6.54 Å². The molecular formula is C11H15NO. The lowest BCUT2D eigenvalue weighted by atomic mass is 10.1. The van der Waals surface area contributed by atoms with Crippen LogP contribution in [0, 0.1) is 13.8 Å². The van der Waals surface area contributed by atoms with Gasteiger partial charge in [0.2, 0.25) is 6.41 Å². The van der Waals surface area contributed by atoms with E-state index in [-0.39, 0.29) is 0 Å². The van der Waals surface area contributed by atoms with E-state index in [0.717, 1.165) is 12.8 Å². The maximum Gasteiger partial charge on any atom is 0.207 e. The van der Waals surface area contributed by atoms with Gasteiger partial charge in [0.1, 0.15) is 0 Å². The molecule has 0 unspecified atom stereocenters. The largest absolute Gasteiger partial charge is 0.358 e. The van der Waals surface area contributed by atoms with Crippen LogP contribution in [0.5, 0.6) is 0 Å². The van der Waals surface area contributed by atoms with Crippen LogP contribution < -0.4 is 5.32 Å². The van der Waals surface area contributed by atoms with E-state index in [9.17, 15) is 4.79 Å². The molecule has 13 heavy (non-hydrogen) atoms. The van der Waals surface area contributed by atoms with Crippen LogP contribution >= 0.6 is 0 Å². The monoisotopic (exact) mass is 177 g/mol. The molecular weight excluding hydrogens is 162 g/mol. The van der Waals surface area contributed by atoms with Crippen molar-refractivity contribution in [3.8, 4) is 0 Å². The summed E-state index contributed by atoms with van der Waals surface area (Å²) < 4.78 is 0. The third kappa shape index (κ3) is 3.28. The smallest absolute Gasteiger partial charge is 0.207 e. The number of aryl methyl sites for hydroxylation is 2. The molecule has 0 spiro atoms. The second kappa shape index (κ2) is 4.65. The van der Waals surface area contributed by atoms with E-state index in [1.807, 2.05) is 0 Å². The fourth-order valence-corrected chi connectivity index (χ4v) is 1.49. The summed E-state index contributed by atoms with van der Waals surface area (Å²) in [5, 5.41) is 2.66. The molecule has 0 saturated heterocycles. The van der Waals surface area contributed by atoms with Crippen LogP contribution in [0.25, 0.3) is 0 Å². The Hall–Kier alpha value is -1.31. The third-order valence-corrected chi connectivity index (χ3v) is 1.92. The number of rotatable bonds is 4. The number of amides is 1. The Balaban J connectivity index is 2.60. The van der Waals surface area contributed by atoms with Crippen molar-refractivity contribution in [2.24, 2.45) is 0 Å². The van der Waals surface area contributed by atoms with Crippen molar-refractivity contribution >= 4 is 6.41 Å². The molecule has 0 bridgehead atoms. The molecule has 0 saturated carbocycles. The summed E-state index contributed by atoms with van der Waals surface area (Å²) in [6.07, 6.45) is 1.64. The Labute approximate surface area is 79.0 Å². The summed E-state index contributed by atoms with van der Waals surface area (Å²) >= 11 is 0. The first-order valence-corrected chi connectivity index (χ1v) is 4.46. The molecule has 2 heteroatoms. The van der Waals surface area contributed by atoms with Gasteiger partial charge in [0, 0.05) is 6.54 Å². The maximum atomic E-state index is 10.0. The molecule has 0 aliphatic heterocycles. The highest BCUT2D eigenvalue weighted by atomic mass is 16.1. The maximum absolute atomic E-state index is 10.0. The van der Waals surface area contributed by atoms with E-state index >= 15 is 0 Å². The van der Waals surface area contributed by atoms with E-state index in [1.54, 1.807) is 0 Å².